The number of aromatic nitrogens is 2. The first-order valence-corrected chi connectivity index (χ1v) is 11.0. The van der Waals surface area contributed by atoms with Crippen molar-refractivity contribution < 1.29 is 4.79 Å². The quantitative estimate of drug-likeness (QED) is 0.445. The third-order valence-corrected chi connectivity index (χ3v) is 6.59. The fourth-order valence-corrected chi connectivity index (χ4v) is 4.87. The van der Waals surface area contributed by atoms with Crippen LogP contribution in [0.1, 0.15) is 21.6 Å². The SMILES string of the molecule is C=c1ncc(C(N)=O)c2c1=c1cc(-c3sccc3C)ccc1=C(NCc1ccccn1)N2. The van der Waals surface area contributed by atoms with Gasteiger partial charge in [-0.3, -0.25) is 14.8 Å². The molecule has 7 heteroatoms. The summed E-state index contributed by atoms with van der Waals surface area (Å²) in [6, 6.07) is 14.2. The van der Waals surface area contributed by atoms with Gasteiger partial charge in [-0.05, 0) is 52.9 Å². The average molecular weight is 440 g/mol. The number of carbonyl (C=O) groups is 1. The van der Waals surface area contributed by atoms with E-state index in [1.165, 1.54) is 16.6 Å². The molecule has 0 unspecified atom stereocenters. The number of anilines is 1. The summed E-state index contributed by atoms with van der Waals surface area (Å²) in [5, 5.41) is 12.2. The van der Waals surface area contributed by atoms with Gasteiger partial charge in [0.2, 0.25) is 0 Å². The predicted octanol–water partition coefficient (Wildman–Crippen LogP) is 2.59. The molecule has 1 aromatic carbocycles. The minimum atomic E-state index is -0.543. The first-order chi connectivity index (χ1) is 15.5. The molecule has 32 heavy (non-hydrogen) atoms. The van der Waals surface area contributed by atoms with Crippen molar-refractivity contribution in [1.29, 1.82) is 0 Å². The van der Waals surface area contributed by atoms with Crippen LogP contribution in [0.3, 0.4) is 0 Å². The molecule has 5 rings (SSSR count). The zero-order valence-corrected chi connectivity index (χ0v) is 18.3. The molecule has 1 aliphatic rings. The van der Waals surface area contributed by atoms with E-state index in [-0.39, 0.29) is 0 Å². The number of aryl methyl sites for hydroxylation is 1. The number of nitrogens with zero attached hydrogens (tertiary/aromatic N) is 2. The van der Waals surface area contributed by atoms with Gasteiger partial charge in [0, 0.05) is 27.7 Å². The van der Waals surface area contributed by atoms with E-state index in [1.54, 1.807) is 17.5 Å². The fourth-order valence-electron chi connectivity index (χ4n) is 3.95. The third kappa shape index (κ3) is 3.42. The maximum Gasteiger partial charge on any atom is 0.252 e. The van der Waals surface area contributed by atoms with Gasteiger partial charge in [-0.25, -0.2) is 0 Å². The minimum absolute atomic E-state index is 0.327. The molecular formula is C25H21N5OS. The fraction of sp³-hybridized carbons (Fsp3) is 0.0800. The molecule has 0 spiro atoms. The Morgan fingerprint density at radius 3 is 2.78 bits per heavy atom. The van der Waals surface area contributed by atoms with Crippen molar-refractivity contribution in [3.8, 4) is 10.4 Å². The Morgan fingerprint density at radius 1 is 1.19 bits per heavy atom. The number of thiophene rings is 1. The Morgan fingerprint density at radius 2 is 2.06 bits per heavy atom. The Kier molecular flexibility index (Phi) is 4.95. The van der Waals surface area contributed by atoms with Gasteiger partial charge in [0.05, 0.1) is 28.8 Å². The van der Waals surface area contributed by atoms with Crippen LogP contribution < -0.4 is 26.9 Å². The summed E-state index contributed by atoms with van der Waals surface area (Å²) >= 11 is 1.70. The van der Waals surface area contributed by atoms with Gasteiger partial charge >= 0.3 is 0 Å². The molecule has 0 saturated carbocycles. The molecule has 0 radical (unpaired) electrons. The van der Waals surface area contributed by atoms with Crippen LogP contribution in [0.15, 0.2) is 60.2 Å². The van der Waals surface area contributed by atoms with Crippen molar-refractivity contribution in [2.24, 2.45) is 5.73 Å². The standard InChI is InChI=1S/C25H21N5OS/c1-14-8-10-32-23(14)16-6-7-18-19(11-16)21-15(2)28-13-20(24(26)31)22(21)30-25(18)29-12-17-5-3-4-9-27-17/h3-11,13,29-30H,2,12H2,1H3,(H2,26,31). The topological polar surface area (TPSA) is 92.9 Å². The van der Waals surface area contributed by atoms with Crippen molar-refractivity contribution in [3.05, 3.63) is 98.1 Å². The molecule has 4 N–H and O–H groups in total. The molecule has 4 heterocycles. The Balaban J connectivity index is 1.79. The summed E-state index contributed by atoms with van der Waals surface area (Å²) < 4.78 is 0. The Labute approximate surface area is 188 Å². The highest BCUT2D eigenvalue weighted by Gasteiger charge is 2.18. The first-order valence-electron chi connectivity index (χ1n) is 10.1. The number of hydrogen-bond acceptors (Lipinski definition) is 6. The second kappa shape index (κ2) is 7.94. The molecule has 0 bridgehead atoms. The molecule has 1 aliphatic heterocycles. The number of hydrogen-bond donors (Lipinski definition) is 3. The highest BCUT2D eigenvalue weighted by atomic mass is 32.1. The van der Waals surface area contributed by atoms with Crippen molar-refractivity contribution in [3.63, 3.8) is 0 Å². The summed E-state index contributed by atoms with van der Waals surface area (Å²) in [6.07, 6.45) is 3.24. The summed E-state index contributed by atoms with van der Waals surface area (Å²) in [7, 11) is 0. The van der Waals surface area contributed by atoms with Crippen molar-refractivity contribution >= 4 is 35.3 Å². The van der Waals surface area contributed by atoms with E-state index in [0.29, 0.717) is 23.1 Å². The van der Waals surface area contributed by atoms with Crippen molar-refractivity contribution in [2.45, 2.75) is 13.5 Å². The van der Waals surface area contributed by atoms with E-state index < -0.39 is 5.91 Å². The highest BCUT2D eigenvalue weighted by molar-refractivity contribution is 7.13. The van der Waals surface area contributed by atoms with Crippen LogP contribution in [0.25, 0.3) is 22.8 Å². The molecule has 1 amide bonds. The van der Waals surface area contributed by atoms with Crippen LogP contribution in [0.2, 0.25) is 0 Å². The van der Waals surface area contributed by atoms with E-state index in [1.807, 2.05) is 18.2 Å². The predicted molar refractivity (Wildman–Crippen MR) is 128 cm³/mol. The van der Waals surface area contributed by atoms with Crippen molar-refractivity contribution in [2.75, 3.05) is 5.32 Å². The molecule has 0 saturated heterocycles. The molecule has 0 atom stereocenters. The molecule has 158 valence electrons. The second-order valence-corrected chi connectivity index (χ2v) is 8.52. The zero-order valence-electron chi connectivity index (χ0n) is 17.5. The van der Waals surface area contributed by atoms with Gasteiger partial charge < -0.3 is 16.4 Å². The summed E-state index contributed by atoms with van der Waals surface area (Å²) in [5.74, 6) is 0.236. The van der Waals surface area contributed by atoms with Gasteiger partial charge in [0.1, 0.15) is 5.82 Å². The number of primary amides is 1. The maximum absolute atomic E-state index is 12.2. The molecule has 3 aromatic heterocycles. The van der Waals surface area contributed by atoms with Crippen LogP contribution in [0.5, 0.6) is 0 Å². The lowest BCUT2D eigenvalue weighted by Crippen LogP contribution is -2.33. The Hall–Kier alpha value is -3.97. The Bertz CT molecular complexity index is 1560. The largest absolute Gasteiger partial charge is 0.365 e. The number of benzene rings is 1. The lowest BCUT2D eigenvalue weighted by molar-refractivity contribution is 0.100. The monoisotopic (exact) mass is 439 g/mol. The third-order valence-electron chi connectivity index (χ3n) is 5.53. The molecule has 6 nitrogen and oxygen atoms in total. The van der Waals surface area contributed by atoms with Gasteiger partial charge in [-0.15, -0.1) is 11.3 Å². The van der Waals surface area contributed by atoms with Gasteiger partial charge in [-0.1, -0.05) is 24.8 Å². The van der Waals surface area contributed by atoms with E-state index in [2.05, 4.69) is 63.7 Å². The number of rotatable bonds is 5. The maximum atomic E-state index is 12.2. The van der Waals surface area contributed by atoms with E-state index in [0.717, 1.165) is 32.7 Å². The number of amides is 1. The number of nitrogens with two attached hydrogens (primary N) is 1. The van der Waals surface area contributed by atoms with E-state index in [4.69, 9.17) is 5.73 Å². The molecule has 0 aliphatic carbocycles. The normalized spacial score (nSPS) is 12.0. The highest BCUT2D eigenvalue weighted by Crippen LogP contribution is 2.29. The molecule has 4 aromatic rings. The smallest absolute Gasteiger partial charge is 0.252 e. The second-order valence-electron chi connectivity index (χ2n) is 7.60. The number of carbonyl (C=O) groups excluding carboxylic acids is 1. The van der Waals surface area contributed by atoms with E-state index in [9.17, 15) is 4.79 Å². The number of pyridine rings is 2. The van der Waals surface area contributed by atoms with Gasteiger partial charge in [0.15, 0.2) is 0 Å². The summed E-state index contributed by atoms with van der Waals surface area (Å²) in [4.78, 5) is 22.1. The van der Waals surface area contributed by atoms with Crippen molar-refractivity contribution in [1.82, 2.24) is 15.3 Å². The molecular weight excluding hydrogens is 418 g/mol. The van der Waals surface area contributed by atoms with E-state index >= 15 is 0 Å². The van der Waals surface area contributed by atoms with Gasteiger partial charge in [0.25, 0.3) is 5.91 Å². The molecule has 0 fully saturated rings. The van der Waals surface area contributed by atoms with Crippen LogP contribution in [-0.2, 0) is 6.54 Å². The lowest BCUT2D eigenvalue weighted by Gasteiger charge is -2.20. The lowest BCUT2D eigenvalue weighted by atomic mass is 10.0. The van der Waals surface area contributed by atoms with Crippen LogP contribution in [0.4, 0.5) is 5.69 Å². The van der Waals surface area contributed by atoms with Crippen LogP contribution in [-0.4, -0.2) is 15.9 Å². The number of nitrogens with one attached hydrogen (secondary N) is 2. The van der Waals surface area contributed by atoms with Gasteiger partial charge in [-0.2, -0.15) is 0 Å². The minimum Gasteiger partial charge on any atom is -0.365 e. The number of fused-ring (bicyclic) bond motifs is 2. The summed E-state index contributed by atoms with van der Waals surface area (Å²) in [6.45, 7) is 6.75. The van der Waals surface area contributed by atoms with Crippen LogP contribution >= 0.6 is 11.3 Å². The van der Waals surface area contributed by atoms with Crippen LogP contribution in [0, 0.1) is 17.4 Å². The summed E-state index contributed by atoms with van der Waals surface area (Å²) in [5.41, 5.74) is 9.85. The first kappa shape index (κ1) is 20.0. The zero-order chi connectivity index (χ0) is 22.2. The average Bonchev–Trinajstić information content (AvgIpc) is 3.23.